The molecule has 10 aromatic rings. The van der Waals surface area contributed by atoms with Crippen LogP contribution in [0.1, 0.15) is 0 Å². The van der Waals surface area contributed by atoms with Crippen LogP contribution < -0.4 is 0 Å². The lowest BCUT2D eigenvalue weighted by Gasteiger charge is -1.82. The van der Waals surface area contributed by atoms with Crippen molar-refractivity contribution in [2.24, 2.45) is 0 Å². The van der Waals surface area contributed by atoms with Crippen LogP contribution in [0.3, 0.4) is 0 Å². The second kappa shape index (κ2) is 14.5. The van der Waals surface area contributed by atoms with Crippen molar-refractivity contribution in [1.29, 1.82) is 0 Å². The van der Waals surface area contributed by atoms with Crippen LogP contribution in [0.5, 0.6) is 0 Å². The molecule has 220 valence electrons. The molecule has 5 N–H and O–H groups in total. The fourth-order valence-electron chi connectivity index (χ4n) is 4.24. The highest BCUT2D eigenvalue weighted by atomic mass is 15.0. The van der Waals surface area contributed by atoms with Crippen LogP contribution in [0.2, 0.25) is 0 Å². The summed E-state index contributed by atoms with van der Waals surface area (Å²) in [6.07, 6.45) is 23.1. The molecule has 0 radical (unpaired) electrons. The Labute approximate surface area is 256 Å². The summed E-state index contributed by atoms with van der Waals surface area (Å²) in [6.45, 7) is 0. The van der Waals surface area contributed by atoms with Gasteiger partial charge in [-0.1, -0.05) is 0 Å². The van der Waals surface area contributed by atoms with Crippen molar-refractivity contribution < 1.29 is 0 Å². The Morgan fingerprint density at radius 2 is 1.16 bits per heavy atom. The van der Waals surface area contributed by atoms with Gasteiger partial charge in [-0.25, -0.2) is 19.9 Å². The molecule has 0 spiro atoms. The lowest BCUT2D eigenvalue weighted by Crippen LogP contribution is -1.76. The molecule has 12 nitrogen and oxygen atoms in total. The number of hydrogen-bond acceptors (Lipinski definition) is 7. The normalized spacial score (nSPS) is 10.2. The molecule has 10 rings (SSSR count). The van der Waals surface area contributed by atoms with E-state index in [-0.39, 0.29) is 0 Å². The minimum atomic E-state index is 0.713. The van der Waals surface area contributed by atoms with E-state index in [1.165, 1.54) is 11.7 Å². The van der Waals surface area contributed by atoms with E-state index < -0.39 is 0 Å². The van der Waals surface area contributed by atoms with Gasteiger partial charge in [-0.05, 0) is 60.7 Å². The second-order valence-corrected chi connectivity index (χ2v) is 9.38. The highest BCUT2D eigenvalue weighted by Crippen LogP contribution is 2.09. The summed E-state index contributed by atoms with van der Waals surface area (Å²) in [5, 5.41) is 3.54. The predicted molar refractivity (Wildman–Crippen MR) is 176 cm³/mol. The van der Waals surface area contributed by atoms with Crippen molar-refractivity contribution in [3.63, 3.8) is 0 Å². The van der Waals surface area contributed by atoms with Gasteiger partial charge in [-0.2, -0.15) is 0 Å². The van der Waals surface area contributed by atoms with Crippen LogP contribution in [0, 0.1) is 0 Å². The molecular weight excluding hydrogens is 564 g/mol. The van der Waals surface area contributed by atoms with E-state index in [1.807, 2.05) is 97.8 Å². The summed E-state index contributed by atoms with van der Waals surface area (Å²) in [6, 6.07) is 19.8. The first-order valence-electron chi connectivity index (χ1n) is 13.9. The first-order valence-corrected chi connectivity index (χ1v) is 13.9. The van der Waals surface area contributed by atoms with Crippen molar-refractivity contribution in [1.82, 2.24) is 59.8 Å². The number of rotatable bonds is 0. The van der Waals surface area contributed by atoms with Crippen LogP contribution in [0.4, 0.5) is 0 Å². The van der Waals surface area contributed by atoms with Gasteiger partial charge in [0.1, 0.15) is 17.5 Å². The van der Waals surface area contributed by atoms with Crippen LogP contribution in [0.25, 0.3) is 55.0 Å². The van der Waals surface area contributed by atoms with Crippen LogP contribution in [-0.2, 0) is 0 Å². The highest BCUT2D eigenvalue weighted by Gasteiger charge is 1.92. The topological polar surface area (TPSA) is 169 Å². The number of fused-ring (bicyclic) bond motifs is 5. The lowest BCUT2D eigenvalue weighted by atomic mass is 10.3. The average molecular weight is 593 g/mol. The maximum Gasteiger partial charge on any atom is 0.180 e. The van der Waals surface area contributed by atoms with Gasteiger partial charge in [0.15, 0.2) is 5.65 Å². The molecule has 0 aliphatic heterocycles. The Morgan fingerprint density at radius 1 is 0.422 bits per heavy atom. The average Bonchev–Trinajstić information content (AvgIpc) is 3.95. The maximum atomic E-state index is 4.11. The minimum Gasteiger partial charge on any atom is -0.361 e. The van der Waals surface area contributed by atoms with Gasteiger partial charge < -0.3 is 24.9 Å². The number of pyridine rings is 4. The second-order valence-electron chi connectivity index (χ2n) is 9.38. The Balaban J connectivity index is 0.0000000992. The van der Waals surface area contributed by atoms with Gasteiger partial charge in [-0.15, -0.1) is 0 Å². The fraction of sp³-hybridized carbons (Fsp3) is 0. The van der Waals surface area contributed by atoms with Gasteiger partial charge in [-0.3, -0.25) is 15.0 Å². The molecule has 0 fully saturated rings. The zero-order chi connectivity index (χ0) is 30.5. The van der Waals surface area contributed by atoms with E-state index in [9.17, 15) is 0 Å². The van der Waals surface area contributed by atoms with E-state index in [2.05, 4.69) is 59.8 Å². The smallest absolute Gasteiger partial charge is 0.180 e. The minimum absolute atomic E-state index is 0.713. The Morgan fingerprint density at radius 3 is 2.02 bits per heavy atom. The number of H-pyrrole nitrogens is 5. The lowest BCUT2D eigenvalue weighted by molar-refractivity contribution is 1.20. The third kappa shape index (κ3) is 7.59. The summed E-state index contributed by atoms with van der Waals surface area (Å²) in [4.78, 5) is 42.8. The maximum absolute atomic E-state index is 4.11. The third-order valence-corrected chi connectivity index (χ3v) is 6.45. The molecular formula is C33H28N12. The van der Waals surface area contributed by atoms with Crippen molar-refractivity contribution in [2.75, 3.05) is 0 Å². The third-order valence-electron chi connectivity index (χ3n) is 6.45. The first-order chi connectivity index (χ1) is 22.3. The zero-order valence-electron chi connectivity index (χ0n) is 23.9. The number of nitrogens with zero attached hydrogens (tertiary/aromatic N) is 7. The summed E-state index contributed by atoms with van der Waals surface area (Å²) in [5.41, 5.74) is 6.90. The molecule has 0 aliphatic rings. The standard InChI is InChI=1S/4C7H6N2.C5H4N4/c1-4-9-7-2-3-8-5-6(1)7;1-3-8-5-7-6(1)2-4-9-7;1-2-6-7(8-4-1)3-5-9-6;1-2-6-3-5-9-7(6)8-4-1;1-4-5(8-2-6-1)9-3-7-4/h3*1-5,9H;1-5H,(H,8,9);1-3H,(H,6,7,8,9). The number of hydrogen-bond donors (Lipinski definition) is 5. The predicted octanol–water partition coefficient (Wildman–Crippen LogP) is 6.60. The quantitative estimate of drug-likeness (QED) is 0.132. The molecule has 0 saturated carbocycles. The van der Waals surface area contributed by atoms with E-state index in [0.29, 0.717) is 5.65 Å². The van der Waals surface area contributed by atoms with Crippen molar-refractivity contribution in [3.05, 3.63) is 141 Å². The Kier molecular flexibility index (Phi) is 9.14. The monoisotopic (exact) mass is 592 g/mol. The summed E-state index contributed by atoms with van der Waals surface area (Å²) in [5.74, 6) is 0. The molecule has 0 saturated heterocycles. The van der Waals surface area contributed by atoms with Gasteiger partial charge >= 0.3 is 0 Å². The van der Waals surface area contributed by atoms with Gasteiger partial charge in [0.2, 0.25) is 0 Å². The molecule has 0 amide bonds. The summed E-state index contributed by atoms with van der Waals surface area (Å²) < 4.78 is 0. The summed E-state index contributed by atoms with van der Waals surface area (Å²) in [7, 11) is 0. The van der Waals surface area contributed by atoms with Crippen molar-refractivity contribution in [3.8, 4) is 0 Å². The van der Waals surface area contributed by atoms with Crippen LogP contribution in [0.15, 0.2) is 141 Å². The van der Waals surface area contributed by atoms with E-state index in [4.69, 9.17) is 0 Å². The number of aromatic amines is 5. The molecule has 10 heterocycles. The van der Waals surface area contributed by atoms with Crippen molar-refractivity contribution in [2.45, 2.75) is 0 Å². The molecule has 0 bridgehead atoms. The molecule has 45 heavy (non-hydrogen) atoms. The zero-order valence-corrected chi connectivity index (χ0v) is 23.9. The van der Waals surface area contributed by atoms with Gasteiger partial charge in [0.05, 0.1) is 35.3 Å². The number of aromatic nitrogens is 12. The molecule has 0 aromatic carbocycles. The number of imidazole rings is 1. The molecule has 12 heteroatoms. The van der Waals surface area contributed by atoms with Gasteiger partial charge in [0.25, 0.3) is 0 Å². The Bertz CT molecular complexity index is 1790. The van der Waals surface area contributed by atoms with Crippen molar-refractivity contribution >= 4 is 55.0 Å². The molecule has 10 aromatic heterocycles. The molecule has 0 atom stereocenters. The van der Waals surface area contributed by atoms with Gasteiger partial charge in [0, 0.05) is 77.4 Å². The fourth-order valence-corrected chi connectivity index (χ4v) is 4.24. The van der Waals surface area contributed by atoms with Crippen LogP contribution in [-0.4, -0.2) is 59.8 Å². The Hall–Kier alpha value is -6.69. The largest absolute Gasteiger partial charge is 0.361 e. The van der Waals surface area contributed by atoms with E-state index >= 15 is 0 Å². The van der Waals surface area contributed by atoms with E-state index in [0.717, 1.165) is 44.0 Å². The highest BCUT2D eigenvalue weighted by molar-refractivity contribution is 5.78. The first kappa shape index (κ1) is 28.4. The SMILES string of the molecule is c1cc2[nH]ccc2cn1.c1cc2cc[nH]c2cn1.c1cnc2[nH]ccc2c1.c1cnc2cc[nH]c2c1.c1ncc2[nH]cnc2n1. The van der Waals surface area contributed by atoms with E-state index in [1.54, 1.807) is 37.3 Å². The molecule has 0 aliphatic carbocycles. The summed E-state index contributed by atoms with van der Waals surface area (Å²) >= 11 is 0. The molecule has 0 unspecified atom stereocenters. The number of nitrogens with one attached hydrogen (secondary N) is 5. The van der Waals surface area contributed by atoms with Crippen LogP contribution >= 0.6 is 0 Å².